The molecule has 0 unspecified atom stereocenters. The van der Waals surface area contributed by atoms with Crippen molar-refractivity contribution >= 4 is 26.6 Å². The molecule has 3 rings (SSSR count). The van der Waals surface area contributed by atoms with E-state index in [4.69, 9.17) is 0 Å². The van der Waals surface area contributed by atoms with Crippen LogP contribution in [-0.4, -0.2) is 30.6 Å². The highest BCUT2D eigenvalue weighted by Gasteiger charge is 2.34. The van der Waals surface area contributed by atoms with Crippen molar-refractivity contribution in [2.24, 2.45) is 11.8 Å². The van der Waals surface area contributed by atoms with Gasteiger partial charge in [-0.15, -0.1) is 0 Å². The van der Waals surface area contributed by atoms with Gasteiger partial charge in [0.2, 0.25) is 15.7 Å². The third kappa shape index (κ3) is 3.61. The molecular formula is C20H26N2O3S. The number of carbonyl (C=O) groups excluding carboxylic acids is 1. The van der Waals surface area contributed by atoms with Crippen LogP contribution in [0.25, 0.3) is 10.9 Å². The molecule has 0 radical (unpaired) electrons. The fourth-order valence-corrected chi connectivity index (χ4v) is 4.81. The van der Waals surface area contributed by atoms with Gasteiger partial charge < -0.3 is 5.32 Å². The third-order valence-corrected chi connectivity index (χ3v) is 7.69. The highest BCUT2D eigenvalue weighted by molar-refractivity contribution is 7.92. The minimum atomic E-state index is -3.83. The van der Waals surface area contributed by atoms with E-state index in [9.17, 15) is 13.2 Å². The lowest BCUT2D eigenvalue weighted by molar-refractivity contribution is -0.121. The molecule has 0 saturated heterocycles. The van der Waals surface area contributed by atoms with Crippen molar-refractivity contribution in [1.29, 1.82) is 0 Å². The van der Waals surface area contributed by atoms with Crippen molar-refractivity contribution in [1.82, 2.24) is 10.3 Å². The smallest absolute Gasteiger partial charge is 0.238 e. The maximum atomic E-state index is 12.9. The molecule has 1 heterocycles. The van der Waals surface area contributed by atoms with E-state index in [0.29, 0.717) is 17.4 Å². The van der Waals surface area contributed by atoms with Gasteiger partial charge in [0.15, 0.2) is 5.03 Å². The molecule has 1 aromatic carbocycles. The van der Waals surface area contributed by atoms with Crippen LogP contribution >= 0.6 is 0 Å². The second-order valence-electron chi connectivity index (χ2n) is 7.41. The summed E-state index contributed by atoms with van der Waals surface area (Å²) in [6.45, 7) is 5.75. The summed E-state index contributed by atoms with van der Waals surface area (Å²) in [6, 6.07) is 10.6. The van der Waals surface area contributed by atoms with Gasteiger partial charge in [0.1, 0.15) is 5.25 Å². The first kappa shape index (κ1) is 18.8. The standard InChI is InChI=1S/C20H26N2O3S/c1-13-7-6-10-17(14(13)2)22-20(23)15(3)26(24,25)19-12-11-16-8-4-5-9-18(16)21-19/h4-5,8-9,11-15,17H,6-7,10H2,1-3H3,(H,22,23)/t13-,14-,15-,17+/m1/s1. The summed E-state index contributed by atoms with van der Waals surface area (Å²) in [5.74, 6) is 0.440. The van der Waals surface area contributed by atoms with Crippen LogP contribution < -0.4 is 5.32 Å². The molecule has 1 amide bonds. The average Bonchev–Trinajstić information content (AvgIpc) is 2.64. The van der Waals surface area contributed by atoms with E-state index in [-0.39, 0.29) is 11.1 Å². The van der Waals surface area contributed by atoms with Crippen molar-refractivity contribution < 1.29 is 13.2 Å². The lowest BCUT2D eigenvalue weighted by Gasteiger charge is -2.35. The van der Waals surface area contributed by atoms with Gasteiger partial charge in [-0.05, 0) is 43.4 Å². The second kappa shape index (κ2) is 7.35. The first-order valence-corrected chi connectivity index (χ1v) is 10.8. The quantitative estimate of drug-likeness (QED) is 0.890. The Morgan fingerprint density at radius 1 is 1.15 bits per heavy atom. The predicted octanol–water partition coefficient (Wildman–Crippen LogP) is 3.34. The molecule has 1 aliphatic rings. The van der Waals surface area contributed by atoms with Gasteiger partial charge in [0, 0.05) is 11.4 Å². The van der Waals surface area contributed by atoms with Crippen molar-refractivity contribution in [3.05, 3.63) is 36.4 Å². The molecule has 0 spiro atoms. The SMILES string of the molecule is C[C@@H]1[C@H](C)CCC[C@@H]1NC(=O)[C@@H](C)S(=O)(=O)c1ccc2ccccc2n1. The number of benzene rings is 1. The zero-order chi connectivity index (χ0) is 18.9. The van der Waals surface area contributed by atoms with E-state index in [1.54, 1.807) is 12.1 Å². The first-order valence-electron chi connectivity index (χ1n) is 9.21. The Hall–Kier alpha value is -1.95. The molecule has 0 aliphatic heterocycles. The summed E-state index contributed by atoms with van der Waals surface area (Å²) in [6.07, 6.45) is 3.12. The Morgan fingerprint density at radius 3 is 2.65 bits per heavy atom. The number of rotatable bonds is 4. The third-order valence-electron chi connectivity index (χ3n) is 5.73. The van der Waals surface area contributed by atoms with Crippen LogP contribution in [-0.2, 0) is 14.6 Å². The van der Waals surface area contributed by atoms with Crippen molar-refractivity contribution in [2.75, 3.05) is 0 Å². The minimum absolute atomic E-state index is 0.0356. The van der Waals surface area contributed by atoms with Crippen molar-refractivity contribution in [2.45, 2.75) is 56.4 Å². The van der Waals surface area contributed by atoms with Crippen molar-refractivity contribution in [3.8, 4) is 0 Å². The molecule has 1 fully saturated rings. The van der Waals surface area contributed by atoms with Gasteiger partial charge in [-0.25, -0.2) is 13.4 Å². The summed E-state index contributed by atoms with van der Waals surface area (Å²) in [7, 11) is -3.83. The van der Waals surface area contributed by atoms with Gasteiger partial charge in [0.25, 0.3) is 0 Å². The van der Waals surface area contributed by atoms with E-state index in [0.717, 1.165) is 24.6 Å². The number of carbonyl (C=O) groups is 1. The lowest BCUT2D eigenvalue weighted by Crippen LogP contribution is -2.48. The van der Waals surface area contributed by atoms with E-state index < -0.39 is 21.0 Å². The molecule has 0 bridgehead atoms. The maximum Gasteiger partial charge on any atom is 0.238 e. The molecule has 1 aliphatic carbocycles. The van der Waals surface area contributed by atoms with Gasteiger partial charge in [-0.1, -0.05) is 44.9 Å². The Morgan fingerprint density at radius 2 is 1.88 bits per heavy atom. The van der Waals surface area contributed by atoms with Crippen LogP contribution in [0.5, 0.6) is 0 Å². The fraction of sp³-hybridized carbons (Fsp3) is 0.500. The van der Waals surface area contributed by atoms with Crippen LogP contribution in [0.1, 0.15) is 40.0 Å². The van der Waals surface area contributed by atoms with Crippen LogP contribution in [0, 0.1) is 11.8 Å². The molecule has 5 nitrogen and oxygen atoms in total. The number of nitrogens with zero attached hydrogens (tertiary/aromatic N) is 1. The number of hydrogen-bond acceptors (Lipinski definition) is 4. The monoisotopic (exact) mass is 374 g/mol. The summed E-state index contributed by atoms with van der Waals surface area (Å²) in [5.41, 5.74) is 0.607. The average molecular weight is 375 g/mol. The van der Waals surface area contributed by atoms with E-state index in [1.807, 2.05) is 18.2 Å². The Labute approximate surface area is 155 Å². The lowest BCUT2D eigenvalue weighted by atomic mass is 9.78. The zero-order valence-electron chi connectivity index (χ0n) is 15.5. The number of nitrogens with one attached hydrogen (secondary N) is 1. The molecule has 6 heteroatoms. The molecule has 1 aromatic heterocycles. The molecule has 140 valence electrons. The molecule has 4 atom stereocenters. The van der Waals surface area contributed by atoms with Crippen LogP contribution in [0.4, 0.5) is 0 Å². The molecule has 1 N–H and O–H groups in total. The number of sulfone groups is 1. The fourth-order valence-electron chi connectivity index (χ4n) is 3.61. The highest BCUT2D eigenvalue weighted by Crippen LogP contribution is 2.29. The van der Waals surface area contributed by atoms with Gasteiger partial charge in [-0.2, -0.15) is 0 Å². The summed E-state index contributed by atoms with van der Waals surface area (Å²) in [4.78, 5) is 16.9. The van der Waals surface area contributed by atoms with E-state index in [1.165, 1.54) is 13.0 Å². The normalized spacial score (nSPS) is 25.0. The summed E-state index contributed by atoms with van der Waals surface area (Å²) < 4.78 is 25.8. The number of pyridine rings is 1. The largest absolute Gasteiger partial charge is 0.352 e. The minimum Gasteiger partial charge on any atom is -0.352 e. The summed E-state index contributed by atoms with van der Waals surface area (Å²) in [5, 5.41) is 2.62. The zero-order valence-corrected chi connectivity index (χ0v) is 16.3. The van der Waals surface area contributed by atoms with Crippen LogP contribution in [0.2, 0.25) is 0 Å². The van der Waals surface area contributed by atoms with E-state index in [2.05, 4.69) is 24.1 Å². The van der Waals surface area contributed by atoms with Gasteiger partial charge >= 0.3 is 0 Å². The maximum absolute atomic E-state index is 12.9. The number of amides is 1. The second-order valence-corrected chi connectivity index (χ2v) is 9.63. The molecule has 2 aromatic rings. The molecular weight excluding hydrogens is 348 g/mol. The Balaban J connectivity index is 1.80. The highest BCUT2D eigenvalue weighted by atomic mass is 32.2. The Kier molecular flexibility index (Phi) is 5.32. The molecule has 26 heavy (non-hydrogen) atoms. The topological polar surface area (TPSA) is 76.1 Å². The number of fused-ring (bicyclic) bond motifs is 1. The number of aromatic nitrogens is 1. The van der Waals surface area contributed by atoms with Crippen molar-refractivity contribution in [3.63, 3.8) is 0 Å². The number of hydrogen-bond donors (Lipinski definition) is 1. The first-order chi connectivity index (χ1) is 12.3. The van der Waals surface area contributed by atoms with Crippen LogP contribution in [0.3, 0.4) is 0 Å². The van der Waals surface area contributed by atoms with Crippen LogP contribution in [0.15, 0.2) is 41.4 Å². The number of para-hydroxylation sites is 1. The van der Waals surface area contributed by atoms with Gasteiger partial charge in [-0.3, -0.25) is 4.79 Å². The van der Waals surface area contributed by atoms with Gasteiger partial charge in [0.05, 0.1) is 5.52 Å². The Bertz CT molecular complexity index is 910. The predicted molar refractivity (Wildman–Crippen MR) is 103 cm³/mol. The molecule has 1 saturated carbocycles. The van der Waals surface area contributed by atoms with E-state index >= 15 is 0 Å². The summed E-state index contributed by atoms with van der Waals surface area (Å²) >= 11 is 0.